The summed E-state index contributed by atoms with van der Waals surface area (Å²) in [6, 6.07) is 0. The molecule has 5 nitrogen and oxygen atoms in total. The smallest absolute Gasteiger partial charge is 0.146 e. The molecule has 1 aliphatic heterocycles. The van der Waals surface area contributed by atoms with Gasteiger partial charge in [-0.3, -0.25) is 4.98 Å². The van der Waals surface area contributed by atoms with Gasteiger partial charge in [-0.1, -0.05) is 0 Å². The zero-order chi connectivity index (χ0) is 11.9. The summed E-state index contributed by atoms with van der Waals surface area (Å²) in [5, 5.41) is 6.28. The Balaban J connectivity index is 1.66. The number of anilines is 2. The van der Waals surface area contributed by atoms with Crippen molar-refractivity contribution in [2.75, 3.05) is 43.9 Å². The van der Waals surface area contributed by atoms with Gasteiger partial charge in [-0.2, -0.15) is 0 Å². The molecule has 0 aliphatic carbocycles. The van der Waals surface area contributed by atoms with Crippen LogP contribution in [0.5, 0.6) is 0 Å². The van der Waals surface area contributed by atoms with Crippen molar-refractivity contribution in [1.82, 2.24) is 14.9 Å². The average molecular weight is 235 g/mol. The van der Waals surface area contributed by atoms with E-state index in [9.17, 15) is 0 Å². The molecule has 1 aromatic heterocycles. The van der Waals surface area contributed by atoms with E-state index in [1.807, 2.05) is 7.05 Å². The van der Waals surface area contributed by atoms with Crippen LogP contribution in [-0.2, 0) is 0 Å². The Morgan fingerprint density at radius 3 is 2.76 bits per heavy atom. The quantitative estimate of drug-likeness (QED) is 0.730. The second-order valence-electron chi connectivity index (χ2n) is 4.37. The number of nitrogens with one attached hydrogen (secondary N) is 2. The first kappa shape index (κ1) is 12.1. The molecule has 1 saturated heterocycles. The van der Waals surface area contributed by atoms with Gasteiger partial charge in [0.2, 0.25) is 0 Å². The number of hydrogen-bond donors (Lipinski definition) is 2. The van der Waals surface area contributed by atoms with Crippen LogP contribution < -0.4 is 10.6 Å². The molecule has 0 saturated carbocycles. The molecule has 2 rings (SSSR count). The van der Waals surface area contributed by atoms with Crippen LogP contribution in [0.15, 0.2) is 12.4 Å². The first-order valence-corrected chi connectivity index (χ1v) is 6.34. The molecule has 0 atom stereocenters. The van der Waals surface area contributed by atoms with Crippen molar-refractivity contribution < 1.29 is 0 Å². The van der Waals surface area contributed by atoms with E-state index in [2.05, 4.69) is 25.5 Å². The summed E-state index contributed by atoms with van der Waals surface area (Å²) in [5.74, 6) is 1.65. The van der Waals surface area contributed by atoms with E-state index in [1.54, 1.807) is 12.4 Å². The van der Waals surface area contributed by atoms with Crippen LogP contribution in [0.4, 0.5) is 11.6 Å². The van der Waals surface area contributed by atoms with Crippen LogP contribution in [0, 0.1) is 0 Å². The summed E-state index contributed by atoms with van der Waals surface area (Å²) < 4.78 is 0. The van der Waals surface area contributed by atoms with Crippen LogP contribution in [0.3, 0.4) is 0 Å². The Hall–Kier alpha value is -1.36. The Bertz CT molecular complexity index is 335. The Morgan fingerprint density at radius 1 is 1.24 bits per heavy atom. The molecule has 0 radical (unpaired) electrons. The molecule has 0 bridgehead atoms. The minimum absolute atomic E-state index is 0.801. The monoisotopic (exact) mass is 235 g/mol. The molecule has 0 amide bonds. The number of aromatic nitrogens is 2. The van der Waals surface area contributed by atoms with Crippen molar-refractivity contribution >= 4 is 11.6 Å². The van der Waals surface area contributed by atoms with Crippen molar-refractivity contribution in [2.24, 2.45) is 0 Å². The molecule has 1 aliphatic rings. The third-order valence-corrected chi connectivity index (χ3v) is 3.05. The molecule has 2 N–H and O–H groups in total. The molecular formula is C12H21N5. The molecule has 94 valence electrons. The van der Waals surface area contributed by atoms with Gasteiger partial charge in [0.15, 0.2) is 0 Å². The van der Waals surface area contributed by atoms with E-state index >= 15 is 0 Å². The maximum absolute atomic E-state index is 4.36. The summed E-state index contributed by atoms with van der Waals surface area (Å²) in [7, 11) is 1.85. The van der Waals surface area contributed by atoms with E-state index < -0.39 is 0 Å². The average Bonchev–Trinajstić information content (AvgIpc) is 2.88. The predicted octanol–water partition coefficient (Wildman–Crippen LogP) is 1.42. The van der Waals surface area contributed by atoms with Crippen molar-refractivity contribution in [1.29, 1.82) is 0 Å². The summed E-state index contributed by atoms with van der Waals surface area (Å²) in [6.07, 6.45) is 7.36. The van der Waals surface area contributed by atoms with Gasteiger partial charge < -0.3 is 15.5 Å². The van der Waals surface area contributed by atoms with Crippen molar-refractivity contribution in [2.45, 2.75) is 19.3 Å². The fraction of sp³-hybridized carbons (Fsp3) is 0.667. The minimum Gasteiger partial charge on any atom is -0.372 e. The maximum Gasteiger partial charge on any atom is 0.146 e. The normalized spacial score (nSPS) is 16.1. The number of nitrogens with zero attached hydrogens (tertiary/aromatic N) is 3. The second-order valence-corrected chi connectivity index (χ2v) is 4.37. The lowest BCUT2D eigenvalue weighted by Crippen LogP contribution is -2.22. The van der Waals surface area contributed by atoms with E-state index in [-0.39, 0.29) is 0 Å². The molecule has 1 fully saturated rings. The van der Waals surface area contributed by atoms with E-state index in [4.69, 9.17) is 0 Å². The largest absolute Gasteiger partial charge is 0.372 e. The van der Waals surface area contributed by atoms with Gasteiger partial charge in [0, 0.05) is 13.6 Å². The van der Waals surface area contributed by atoms with E-state index in [0.717, 1.165) is 24.6 Å². The SMILES string of the molecule is CNc1cncc(NCCCN2CCCC2)n1. The zero-order valence-electron chi connectivity index (χ0n) is 10.4. The fourth-order valence-corrected chi connectivity index (χ4v) is 2.10. The van der Waals surface area contributed by atoms with Gasteiger partial charge in [0.1, 0.15) is 11.6 Å². The first-order chi connectivity index (χ1) is 8.38. The predicted molar refractivity (Wildman–Crippen MR) is 70.4 cm³/mol. The molecule has 5 heteroatoms. The van der Waals surface area contributed by atoms with Gasteiger partial charge in [0.05, 0.1) is 12.4 Å². The van der Waals surface area contributed by atoms with E-state index in [1.165, 1.54) is 32.5 Å². The number of rotatable bonds is 6. The highest BCUT2D eigenvalue weighted by molar-refractivity contribution is 5.40. The van der Waals surface area contributed by atoms with Crippen LogP contribution in [0.2, 0.25) is 0 Å². The second kappa shape index (κ2) is 6.39. The summed E-state index contributed by atoms with van der Waals surface area (Å²) >= 11 is 0. The highest BCUT2D eigenvalue weighted by Gasteiger charge is 2.09. The Morgan fingerprint density at radius 2 is 2.00 bits per heavy atom. The van der Waals surface area contributed by atoms with Crippen molar-refractivity contribution in [3.63, 3.8) is 0 Å². The molecule has 0 unspecified atom stereocenters. The third kappa shape index (κ3) is 3.85. The third-order valence-electron chi connectivity index (χ3n) is 3.05. The molecular weight excluding hydrogens is 214 g/mol. The minimum atomic E-state index is 0.801. The lowest BCUT2D eigenvalue weighted by molar-refractivity contribution is 0.337. The zero-order valence-corrected chi connectivity index (χ0v) is 10.4. The van der Waals surface area contributed by atoms with Gasteiger partial charge in [-0.15, -0.1) is 0 Å². The highest BCUT2D eigenvalue weighted by atomic mass is 15.1. The lowest BCUT2D eigenvalue weighted by atomic mass is 10.4. The molecule has 1 aromatic rings. The number of hydrogen-bond acceptors (Lipinski definition) is 5. The van der Waals surface area contributed by atoms with Crippen LogP contribution in [-0.4, -0.2) is 48.1 Å². The summed E-state index contributed by atoms with van der Waals surface area (Å²) in [4.78, 5) is 11.0. The van der Waals surface area contributed by atoms with Gasteiger partial charge in [-0.25, -0.2) is 4.98 Å². The molecule has 0 aromatic carbocycles. The molecule has 17 heavy (non-hydrogen) atoms. The topological polar surface area (TPSA) is 53.1 Å². The van der Waals surface area contributed by atoms with Crippen LogP contribution >= 0.6 is 0 Å². The fourth-order valence-electron chi connectivity index (χ4n) is 2.10. The van der Waals surface area contributed by atoms with Gasteiger partial charge in [0.25, 0.3) is 0 Å². The maximum atomic E-state index is 4.36. The van der Waals surface area contributed by atoms with Crippen LogP contribution in [0.25, 0.3) is 0 Å². The molecule has 2 heterocycles. The summed E-state index contributed by atoms with van der Waals surface area (Å²) in [6.45, 7) is 4.69. The standard InChI is InChI=1S/C12H21N5/c1-13-11-9-14-10-12(16-11)15-5-4-8-17-6-2-3-7-17/h9-10H,2-8H2,1H3,(H2,13,15,16). The lowest BCUT2D eigenvalue weighted by Gasteiger charge is -2.14. The van der Waals surface area contributed by atoms with Gasteiger partial charge in [-0.05, 0) is 38.9 Å². The Kier molecular flexibility index (Phi) is 4.55. The van der Waals surface area contributed by atoms with Crippen molar-refractivity contribution in [3.8, 4) is 0 Å². The molecule has 0 spiro atoms. The Labute approximate surface area is 103 Å². The van der Waals surface area contributed by atoms with Gasteiger partial charge >= 0.3 is 0 Å². The summed E-state index contributed by atoms with van der Waals surface area (Å²) in [5.41, 5.74) is 0. The van der Waals surface area contributed by atoms with E-state index in [0.29, 0.717) is 0 Å². The number of likely N-dealkylation sites (tertiary alicyclic amines) is 1. The first-order valence-electron chi connectivity index (χ1n) is 6.34. The van der Waals surface area contributed by atoms with Crippen LogP contribution in [0.1, 0.15) is 19.3 Å². The van der Waals surface area contributed by atoms with Crippen molar-refractivity contribution in [3.05, 3.63) is 12.4 Å². The highest BCUT2D eigenvalue weighted by Crippen LogP contribution is 2.08.